The average molecular weight is 397 g/mol. The number of rotatable bonds is 4. The molecule has 0 saturated carbocycles. The van der Waals surface area contributed by atoms with Crippen molar-refractivity contribution in [2.24, 2.45) is 0 Å². The second-order valence-electron chi connectivity index (χ2n) is 7.01. The Labute approximate surface area is 174 Å². The van der Waals surface area contributed by atoms with Crippen LogP contribution in [-0.4, -0.2) is 0 Å². The molecular formula is C26H20S2. The zero-order chi connectivity index (χ0) is 18.9. The van der Waals surface area contributed by atoms with Gasteiger partial charge in [0.1, 0.15) is 0 Å². The van der Waals surface area contributed by atoms with Gasteiger partial charge in [0, 0.05) is 21.2 Å². The van der Waals surface area contributed by atoms with Gasteiger partial charge >= 0.3 is 0 Å². The highest BCUT2D eigenvalue weighted by Gasteiger charge is 2.35. The van der Waals surface area contributed by atoms with Gasteiger partial charge in [-0.15, -0.1) is 22.7 Å². The lowest BCUT2D eigenvalue weighted by atomic mass is 9.87. The molecule has 0 nitrogen and oxygen atoms in total. The maximum absolute atomic E-state index is 2.31. The number of benzene rings is 2. The van der Waals surface area contributed by atoms with Crippen LogP contribution in [0.4, 0.5) is 0 Å². The highest BCUT2D eigenvalue weighted by atomic mass is 32.1. The predicted octanol–water partition coefficient (Wildman–Crippen LogP) is 7.99. The number of allylic oxidation sites excluding steroid dienone is 4. The number of hydrogen-bond donors (Lipinski definition) is 0. The standard InChI is InChI=1S/C26H20S2/c1-18-23(19-10-4-2-5-11-19)25(21-14-8-16-27-21)26(22-15-9-17-28-22)24(18)20-12-6-3-7-13-20/h2-17,23H,1H3. The Morgan fingerprint density at radius 1 is 0.607 bits per heavy atom. The molecule has 0 saturated heterocycles. The summed E-state index contributed by atoms with van der Waals surface area (Å²) in [6.07, 6.45) is 0. The van der Waals surface area contributed by atoms with Crippen LogP contribution in [0.5, 0.6) is 0 Å². The number of hydrogen-bond acceptors (Lipinski definition) is 2. The van der Waals surface area contributed by atoms with E-state index in [4.69, 9.17) is 0 Å². The van der Waals surface area contributed by atoms with Crippen LogP contribution in [0.3, 0.4) is 0 Å². The minimum absolute atomic E-state index is 0.284. The van der Waals surface area contributed by atoms with E-state index in [1.165, 1.54) is 43.2 Å². The summed E-state index contributed by atoms with van der Waals surface area (Å²) in [6, 6.07) is 30.7. The van der Waals surface area contributed by atoms with E-state index >= 15 is 0 Å². The molecule has 2 aromatic carbocycles. The summed E-state index contributed by atoms with van der Waals surface area (Å²) < 4.78 is 0. The van der Waals surface area contributed by atoms with Crippen molar-refractivity contribution in [1.29, 1.82) is 0 Å². The molecule has 2 aromatic heterocycles. The summed E-state index contributed by atoms with van der Waals surface area (Å²) in [5.41, 5.74) is 8.33. The van der Waals surface area contributed by atoms with E-state index in [2.05, 4.69) is 103 Å². The zero-order valence-electron chi connectivity index (χ0n) is 15.6. The first kappa shape index (κ1) is 17.4. The van der Waals surface area contributed by atoms with Gasteiger partial charge < -0.3 is 0 Å². The zero-order valence-corrected chi connectivity index (χ0v) is 17.3. The van der Waals surface area contributed by atoms with Gasteiger partial charge in [-0.2, -0.15) is 0 Å². The van der Waals surface area contributed by atoms with E-state index in [9.17, 15) is 0 Å². The van der Waals surface area contributed by atoms with E-state index in [0.717, 1.165) is 0 Å². The van der Waals surface area contributed by atoms with Crippen molar-refractivity contribution in [3.8, 4) is 0 Å². The van der Waals surface area contributed by atoms with Crippen molar-refractivity contribution in [3.63, 3.8) is 0 Å². The highest BCUT2D eigenvalue weighted by molar-refractivity contribution is 7.12. The van der Waals surface area contributed by atoms with E-state index in [-0.39, 0.29) is 5.92 Å². The molecule has 1 unspecified atom stereocenters. The van der Waals surface area contributed by atoms with Gasteiger partial charge in [0.05, 0.1) is 0 Å². The van der Waals surface area contributed by atoms with Crippen LogP contribution in [0.15, 0.2) is 101 Å². The summed E-state index contributed by atoms with van der Waals surface area (Å²) in [5.74, 6) is 0.284. The first-order valence-electron chi connectivity index (χ1n) is 9.48. The Bertz CT molecular complexity index is 1130. The maximum atomic E-state index is 2.31. The predicted molar refractivity (Wildman–Crippen MR) is 124 cm³/mol. The summed E-state index contributed by atoms with van der Waals surface area (Å²) in [6.45, 7) is 2.31. The van der Waals surface area contributed by atoms with Crippen molar-refractivity contribution in [2.45, 2.75) is 12.8 Å². The smallest absolute Gasteiger partial charge is 0.0352 e. The molecule has 0 bridgehead atoms. The fraction of sp³-hybridized carbons (Fsp3) is 0.0769. The highest BCUT2D eigenvalue weighted by Crippen LogP contribution is 2.56. The van der Waals surface area contributed by atoms with Crippen LogP contribution in [0.25, 0.3) is 16.7 Å². The van der Waals surface area contributed by atoms with Gasteiger partial charge in [-0.05, 0) is 52.1 Å². The van der Waals surface area contributed by atoms with E-state index < -0.39 is 0 Å². The number of thiophene rings is 2. The Morgan fingerprint density at radius 2 is 1.21 bits per heavy atom. The average Bonchev–Trinajstić information content (AvgIpc) is 3.49. The van der Waals surface area contributed by atoms with Crippen molar-refractivity contribution in [1.82, 2.24) is 0 Å². The maximum Gasteiger partial charge on any atom is 0.0352 e. The quantitative estimate of drug-likeness (QED) is 0.328. The van der Waals surface area contributed by atoms with E-state index in [1.807, 2.05) is 22.7 Å². The minimum atomic E-state index is 0.284. The topological polar surface area (TPSA) is 0 Å². The molecule has 5 rings (SSSR count). The molecule has 0 radical (unpaired) electrons. The molecule has 1 aliphatic carbocycles. The Morgan fingerprint density at radius 3 is 1.82 bits per heavy atom. The molecule has 0 fully saturated rings. The second kappa shape index (κ2) is 7.38. The largest absolute Gasteiger partial charge is 0.144 e. The molecule has 2 heteroatoms. The summed E-state index contributed by atoms with van der Waals surface area (Å²) >= 11 is 3.67. The summed E-state index contributed by atoms with van der Waals surface area (Å²) in [4.78, 5) is 2.71. The molecule has 1 aliphatic rings. The van der Waals surface area contributed by atoms with Gasteiger partial charge in [-0.1, -0.05) is 78.4 Å². The van der Waals surface area contributed by atoms with E-state index in [1.54, 1.807) is 0 Å². The molecule has 0 spiro atoms. The lowest BCUT2D eigenvalue weighted by molar-refractivity contribution is 1.04. The van der Waals surface area contributed by atoms with Crippen molar-refractivity contribution in [3.05, 3.63) is 122 Å². The lowest BCUT2D eigenvalue weighted by Gasteiger charge is -2.18. The first-order chi connectivity index (χ1) is 13.8. The van der Waals surface area contributed by atoms with Crippen LogP contribution in [0.2, 0.25) is 0 Å². The van der Waals surface area contributed by atoms with Gasteiger partial charge in [0.25, 0.3) is 0 Å². The Hall–Kier alpha value is -2.68. The van der Waals surface area contributed by atoms with Crippen LogP contribution in [-0.2, 0) is 0 Å². The van der Waals surface area contributed by atoms with Crippen LogP contribution in [0, 0.1) is 0 Å². The van der Waals surface area contributed by atoms with Crippen molar-refractivity contribution in [2.75, 3.05) is 0 Å². The lowest BCUT2D eigenvalue weighted by Crippen LogP contribution is -2.00. The van der Waals surface area contributed by atoms with E-state index in [0.29, 0.717) is 0 Å². The molecular weight excluding hydrogens is 376 g/mol. The van der Waals surface area contributed by atoms with Crippen molar-refractivity contribution < 1.29 is 0 Å². The minimum Gasteiger partial charge on any atom is -0.144 e. The molecule has 0 amide bonds. The van der Waals surface area contributed by atoms with Crippen LogP contribution >= 0.6 is 22.7 Å². The van der Waals surface area contributed by atoms with Crippen LogP contribution in [0.1, 0.15) is 33.7 Å². The molecule has 4 aromatic rings. The third-order valence-corrected chi connectivity index (χ3v) is 7.18. The fourth-order valence-electron chi connectivity index (χ4n) is 4.25. The van der Waals surface area contributed by atoms with Gasteiger partial charge in [0.15, 0.2) is 0 Å². The molecule has 0 aliphatic heterocycles. The molecule has 2 heterocycles. The molecule has 0 N–H and O–H groups in total. The molecule has 28 heavy (non-hydrogen) atoms. The third-order valence-electron chi connectivity index (χ3n) is 5.38. The SMILES string of the molecule is CC1=C(c2ccccc2)C(c2cccs2)=C(c2cccs2)C1c1ccccc1. The second-order valence-corrected chi connectivity index (χ2v) is 8.91. The van der Waals surface area contributed by atoms with Gasteiger partial charge in [-0.25, -0.2) is 0 Å². The Balaban J connectivity index is 1.85. The molecule has 136 valence electrons. The fourth-order valence-corrected chi connectivity index (χ4v) is 5.85. The van der Waals surface area contributed by atoms with Crippen LogP contribution < -0.4 is 0 Å². The third kappa shape index (κ3) is 2.90. The van der Waals surface area contributed by atoms with Gasteiger partial charge in [-0.3, -0.25) is 0 Å². The normalized spacial score (nSPS) is 16.8. The van der Waals surface area contributed by atoms with Crippen molar-refractivity contribution >= 4 is 39.4 Å². The molecule has 1 atom stereocenters. The summed E-state index contributed by atoms with van der Waals surface area (Å²) in [5, 5.41) is 4.37. The first-order valence-corrected chi connectivity index (χ1v) is 11.2. The Kier molecular flexibility index (Phi) is 4.59. The monoisotopic (exact) mass is 396 g/mol. The van der Waals surface area contributed by atoms with Gasteiger partial charge in [0.2, 0.25) is 0 Å². The summed E-state index contributed by atoms with van der Waals surface area (Å²) in [7, 11) is 0.